The van der Waals surface area contributed by atoms with Crippen molar-refractivity contribution in [1.82, 2.24) is 9.78 Å². The second kappa shape index (κ2) is 5.68. The van der Waals surface area contributed by atoms with Crippen LogP contribution < -0.4 is 0 Å². The van der Waals surface area contributed by atoms with E-state index in [1.165, 1.54) is 0 Å². The van der Waals surface area contributed by atoms with Gasteiger partial charge in [0.1, 0.15) is 11.2 Å². The SMILES string of the molecule is CS(=O)(=O)OCc1cc(Br)nn1C1CCCCO1. The van der Waals surface area contributed by atoms with Crippen LogP contribution in [0.4, 0.5) is 0 Å². The zero-order chi connectivity index (χ0) is 13.2. The topological polar surface area (TPSA) is 70.4 Å². The average Bonchev–Trinajstić information content (AvgIpc) is 2.68. The van der Waals surface area contributed by atoms with E-state index in [1.807, 2.05) is 0 Å². The fourth-order valence-corrected chi connectivity index (χ4v) is 2.61. The first-order valence-electron chi connectivity index (χ1n) is 5.65. The number of hydrogen-bond acceptors (Lipinski definition) is 5. The summed E-state index contributed by atoms with van der Waals surface area (Å²) in [6, 6.07) is 1.74. The maximum Gasteiger partial charge on any atom is 0.264 e. The van der Waals surface area contributed by atoms with E-state index in [-0.39, 0.29) is 12.8 Å². The second-order valence-electron chi connectivity index (χ2n) is 4.19. The van der Waals surface area contributed by atoms with E-state index in [0.29, 0.717) is 16.9 Å². The van der Waals surface area contributed by atoms with Gasteiger partial charge in [-0.3, -0.25) is 4.18 Å². The molecule has 0 amide bonds. The Kier molecular flexibility index (Phi) is 4.41. The minimum absolute atomic E-state index is 0.0305. The van der Waals surface area contributed by atoms with Crippen LogP contribution in [0.15, 0.2) is 10.7 Å². The molecule has 18 heavy (non-hydrogen) atoms. The van der Waals surface area contributed by atoms with Crippen molar-refractivity contribution in [3.63, 3.8) is 0 Å². The third-order valence-electron chi connectivity index (χ3n) is 2.63. The van der Waals surface area contributed by atoms with Gasteiger partial charge in [0.25, 0.3) is 10.1 Å². The Labute approximate surface area is 115 Å². The maximum absolute atomic E-state index is 11.0. The summed E-state index contributed by atoms with van der Waals surface area (Å²) in [5, 5.41) is 4.27. The Morgan fingerprint density at radius 2 is 2.39 bits per heavy atom. The van der Waals surface area contributed by atoms with Crippen molar-refractivity contribution in [2.45, 2.75) is 32.1 Å². The van der Waals surface area contributed by atoms with Crippen molar-refractivity contribution < 1.29 is 17.3 Å². The normalized spacial score (nSPS) is 21.1. The highest BCUT2D eigenvalue weighted by Gasteiger charge is 2.20. The minimum Gasteiger partial charge on any atom is -0.357 e. The third kappa shape index (κ3) is 3.78. The fourth-order valence-electron chi connectivity index (χ4n) is 1.84. The Morgan fingerprint density at radius 1 is 1.61 bits per heavy atom. The summed E-state index contributed by atoms with van der Waals surface area (Å²) in [6.45, 7) is 0.672. The summed E-state index contributed by atoms with van der Waals surface area (Å²) >= 11 is 3.28. The number of nitrogens with zero attached hydrogens (tertiary/aromatic N) is 2. The van der Waals surface area contributed by atoms with Crippen molar-refractivity contribution in [2.75, 3.05) is 12.9 Å². The van der Waals surface area contributed by atoms with E-state index < -0.39 is 10.1 Å². The molecule has 0 spiro atoms. The van der Waals surface area contributed by atoms with E-state index in [0.717, 1.165) is 25.5 Å². The van der Waals surface area contributed by atoms with Gasteiger partial charge in [0.15, 0.2) is 6.23 Å². The largest absolute Gasteiger partial charge is 0.357 e. The van der Waals surface area contributed by atoms with Gasteiger partial charge in [0.2, 0.25) is 0 Å². The van der Waals surface area contributed by atoms with Crippen molar-refractivity contribution in [2.24, 2.45) is 0 Å². The predicted molar refractivity (Wildman–Crippen MR) is 68.4 cm³/mol. The summed E-state index contributed by atoms with van der Waals surface area (Å²) in [6.07, 6.45) is 3.89. The molecule has 1 aliphatic rings. The minimum atomic E-state index is -3.46. The second-order valence-corrected chi connectivity index (χ2v) is 6.65. The van der Waals surface area contributed by atoms with Gasteiger partial charge >= 0.3 is 0 Å². The van der Waals surface area contributed by atoms with Gasteiger partial charge in [0, 0.05) is 6.61 Å². The lowest BCUT2D eigenvalue weighted by Gasteiger charge is -2.24. The van der Waals surface area contributed by atoms with Crippen molar-refractivity contribution in [3.8, 4) is 0 Å². The summed E-state index contributed by atoms with van der Waals surface area (Å²) in [5.41, 5.74) is 0.680. The number of hydrogen-bond donors (Lipinski definition) is 0. The lowest BCUT2D eigenvalue weighted by molar-refractivity contribution is -0.0424. The van der Waals surface area contributed by atoms with E-state index >= 15 is 0 Å². The molecular weight excluding hydrogens is 324 g/mol. The molecule has 0 saturated carbocycles. The number of aromatic nitrogens is 2. The first kappa shape index (κ1) is 14.0. The highest BCUT2D eigenvalue weighted by atomic mass is 79.9. The molecule has 1 aliphatic heterocycles. The van der Waals surface area contributed by atoms with E-state index in [4.69, 9.17) is 8.92 Å². The summed E-state index contributed by atoms with van der Waals surface area (Å²) in [4.78, 5) is 0. The van der Waals surface area contributed by atoms with E-state index in [2.05, 4.69) is 21.0 Å². The fraction of sp³-hybridized carbons (Fsp3) is 0.700. The quantitative estimate of drug-likeness (QED) is 0.783. The smallest absolute Gasteiger partial charge is 0.264 e. The molecule has 2 heterocycles. The van der Waals surface area contributed by atoms with Gasteiger partial charge in [-0.15, -0.1) is 0 Å². The van der Waals surface area contributed by atoms with Crippen molar-refractivity contribution >= 4 is 26.0 Å². The zero-order valence-electron chi connectivity index (χ0n) is 10.0. The highest BCUT2D eigenvalue weighted by Crippen LogP contribution is 2.25. The molecule has 1 aromatic rings. The molecule has 0 aromatic carbocycles. The van der Waals surface area contributed by atoms with Crippen LogP contribution in [0.3, 0.4) is 0 Å². The molecule has 1 saturated heterocycles. The molecule has 1 fully saturated rings. The monoisotopic (exact) mass is 338 g/mol. The van der Waals surface area contributed by atoms with Gasteiger partial charge in [-0.25, -0.2) is 4.68 Å². The Hall–Kier alpha value is -0.440. The molecule has 6 nitrogen and oxygen atoms in total. The molecular formula is C10H15BrN2O4S. The van der Waals surface area contributed by atoms with Crippen LogP contribution in [-0.2, 0) is 25.6 Å². The third-order valence-corrected chi connectivity index (χ3v) is 3.57. The summed E-state index contributed by atoms with van der Waals surface area (Å²) in [5.74, 6) is 0. The van der Waals surface area contributed by atoms with Crippen LogP contribution >= 0.6 is 15.9 Å². The number of rotatable bonds is 4. The summed E-state index contributed by atoms with van der Waals surface area (Å²) in [7, 11) is -3.46. The lowest BCUT2D eigenvalue weighted by Crippen LogP contribution is -2.21. The Balaban J connectivity index is 2.14. The molecule has 1 unspecified atom stereocenters. The van der Waals surface area contributed by atoms with Crippen LogP contribution in [0.2, 0.25) is 0 Å². The molecule has 8 heteroatoms. The van der Waals surface area contributed by atoms with Crippen LogP contribution in [0.25, 0.3) is 0 Å². The molecule has 1 aromatic heterocycles. The highest BCUT2D eigenvalue weighted by molar-refractivity contribution is 9.10. The van der Waals surface area contributed by atoms with Crippen LogP contribution in [0.5, 0.6) is 0 Å². The molecule has 0 aliphatic carbocycles. The van der Waals surface area contributed by atoms with Gasteiger partial charge in [-0.05, 0) is 41.3 Å². The van der Waals surface area contributed by atoms with Crippen LogP contribution in [0.1, 0.15) is 31.2 Å². The molecule has 2 rings (SSSR count). The van der Waals surface area contributed by atoms with Gasteiger partial charge in [0.05, 0.1) is 11.9 Å². The predicted octanol–water partition coefficient (Wildman–Crippen LogP) is 1.82. The zero-order valence-corrected chi connectivity index (χ0v) is 12.4. The van der Waals surface area contributed by atoms with Crippen molar-refractivity contribution in [1.29, 1.82) is 0 Å². The summed E-state index contributed by atoms with van der Waals surface area (Å²) < 4.78 is 34.8. The van der Waals surface area contributed by atoms with Crippen LogP contribution in [0, 0.1) is 0 Å². The number of halogens is 1. The maximum atomic E-state index is 11.0. The first-order valence-corrected chi connectivity index (χ1v) is 8.26. The lowest BCUT2D eigenvalue weighted by atomic mass is 10.2. The molecule has 0 N–H and O–H groups in total. The Morgan fingerprint density at radius 3 is 3.00 bits per heavy atom. The van der Waals surface area contributed by atoms with Gasteiger partial charge in [-0.2, -0.15) is 13.5 Å². The average molecular weight is 339 g/mol. The molecule has 0 bridgehead atoms. The van der Waals surface area contributed by atoms with Crippen LogP contribution in [-0.4, -0.2) is 31.1 Å². The van der Waals surface area contributed by atoms with E-state index in [1.54, 1.807) is 10.7 Å². The standard InChI is InChI=1S/C10H15BrN2O4S/c1-18(14,15)17-7-8-6-9(11)12-13(8)10-4-2-3-5-16-10/h6,10H,2-5,7H2,1H3. The first-order chi connectivity index (χ1) is 8.46. The molecule has 0 radical (unpaired) electrons. The van der Waals surface area contributed by atoms with Gasteiger partial charge < -0.3 is 4.74 Å². The number of ether oxygens (including phenoxy) is 1. The molecule has 1 atom stereocenters. The van der Waals surface area contributed by atoms with Crippen molar-refractivity contribution in [3.05, 3.63) is 16.4 Å². The Bertz CT molecular complexity index is 508. The van der Waals surface area contributed by atoms with Gasteiger partial charge in [-0.1, -0.05) is 0 Å². The van der Waals surface area contributed by atoms with E-state index in [9.17, 15) is 8.42 Å². The molecule has 102 valence electrons.